The number of nitrogens with zero attached hydrogens (tertiary/aromatic N) is 1. The van der Waals surface area contributed by atoms with E-state index in [0.717, 1.165) is 33.8 Å². The molecule has 262 valence electrons. The summed E-state index contributed by atoms with van der Waals surface area (Å²) in [6, 6.07) is 36.1. The van der Waals surface area contributed by atoms with E-state index in [-0.39, 0.29) is 12.5 Å². The zero-order valence-corrected chi connectivity index (χ0v) is 30.4. The molecule has 2 aliphatic rings. The maximum Gasteiger partial charge on any atom is 0.330 e. The minimum atomic E-state index is -2.48. The molecule has 2 aliphatic heterocycles. The number of nitrogens with one attached hydrogen (secondary N) is 1. The summed E-state index contributed by atoms with van der Waals surface area (Å²) in [6.45, 7) is 6.19. The molecule has 0 amide bonds. The molecule has 1 N–H and O–H groups in total. The molecule has 5 aromatic rings. The van der Waals surface area contributed by atoms with Crippen LogP contribution in [0.1, 0.15) is 34.0 Å². The largest absolute Gasteiger partial charge is 0.497 e. The predicted molar refractivity (Wildman–Crippen MR) is 198 cm³/mol. The lowest BCUT2D eigenvalue weighted by atomic mass is 9.80. The van der Waals surface area contributed by atoms with Crippen LogP contribution in [0.5, 0.6) is 11.5 Å². The molecule has 0 radical (unpaired) electrons. The maximum absolute atomic E-state index is 13.3. The fourth-order valence-electron chi connectivity index (χ4n) is 7.47. The quantitative estimate of drug-likeness (QED) is 0.129. The van der Waals surface area contributed by atoms with Gasteiger partial charge >= 0.3 is 5.69 Å². The fourth-order valence-corrected chi connectivity index (χ4v) is 10.2. The van der Waals surface area contributed by atoms with Crippen molar-refractivity contribution < 1.29 is 23.4 Å². The summed E-state index contributed by atoms with van der Waals surface area (Å²) in [7, 11) is 0.810. The van der Waals surface area contributed by atoms with Crippen molar-refractivity contribution in [1.82, 2.24) is 9.55 Å². The van der Waals surface area contributed by atoms with Gasteiger partial charge in [-0.05, 0) is 71.7 Å². The molecule has 0 bridgehead atoms. The summed E-state index contributed by atoms with van der Waals surface area (Å²) < 4.78 is 33.6. The Hall–Kier alpha value is -5.00. The van der Waals surface area contributed by atoms with E-state index in [1.807, 2.05) is 84.9 Å². The summed E-state index contributed by atoms with van der Waals surface area (Å²) in [5, 5.41) is 1.17. The maximum atomic E-state index is 13.3. The third-order valence-corrected chi connectivity index (χ3v) is 12.7. The van der Waals surface area contributed by atoms with E-state index in [1.54, 1.807) is 27.3 Å². The summed E-state index contributed by atoms with van der Waals surface area (Å²) in [4.78, 5) is 28.1. The van der Waals surface area contributed by atoms with Gasteiger partial charge in [0.25, 0.3) is 5.56 Å². The van der Waals surface area contributed by atoms with Crippen LogP contribution in [0, 0.1) is 12.8 Å². The van der Waals surface area contributed by atoms with E-state index < -0.39 is 43.6 Å². The van der Waals surface area contributed by atoms with Crippen LogP contribution in [0.15, 0.2) is 130 Å². The van der Waals surface area contributed by atoms with Crippen molar-refractivity contribution in [3.63, 3.8) is 0 Å². The van der Waals surface area contributed by atoms with E-state index in [1.165, 1.54) is 9.76 Å². The first kappa shape index (κ1) is 34.4. The van der Waals surface area contributed by atoms with Gasteiger partial charge in [0.2, 0.25) is 8.32 Å². The van der Waals surface area contributed by atoms with Gasteiger partial charge in [0.05, 0.1) is 33.0 Å². The van der Waals surface area contributed by atoms with Crippen LogP contribution >= 0.6 is 0 Å². The Morgan fingerprint density at radius 1 is 0.804 bits per heavy atom. The Kier molecular flexibility index (Phi) is 9.43. The zero-order chi connectivity index (χ0) is 35.8. The van der Waals surface area contributed by atoms with Gasteiger partial charge in [-0.3, -0.25) is 14.3 Å². The minimum absolute atomic E-state index is 0.154. The number of benzene rings is 4. The molecule has 51 heavy (non-hydrogen) atoms. The summed E-state index contributed by atoms with van der Waals surface area (Å²) in [5.41, 5.74) is 2.15. The molecular weight excluding hydrogens is 661 g/mol. The highest BCUT2D eigenvalue weighted by atomic mass is 28.4. The van der Waals surface area contributed by atoms with Gasteiger partial charge in [0.15, 0.2) is 6.23 Å². The highest BCUT2D eigenvalue weighted by Gasteiger charge is 2.59. The monoisotopic (exact) mass is 702 g/mol. The van der Waals surface area contributed by atoms with E-state index in [4.69, 9.17) is 23.4 Å². The zero-order valence-electron chi connectivity index (χ0n) is 29.4. The van der Waals surface area contributed by atoms with Crippen molar-refractivity contribution >= 4 is 14.4 Å². The van der Waals surface area contributed by atoms with Crippen molar-refractivity contribution in [3.8, 4) is 11.5 Å². The molecule has 1 aromatic heterocycles. The number of hydrogen-bond acceptors (Lipinski definition) is 7. The Balaban J connectivity index is 1.37. The highest BCUT2D eigenvalue weighted by Crippen LogP contribution is 2.51. The number of fused-ring (bicyclic) bond motifs is 1. The number of hydrogen-bond donors (Lipinski definition) is 1. The number of aromatic amines is 1. The second-order valence-electron chi connectivity index (χ2n) is 13.5. The Labute approximate surface area is 298 Å². The van der Waals surface area contributed by atoms with E-state index in [2.05, 4.69) is 48.4 Å². The van der Waals surface area contributed by atoms with Crippen molar-refractivity contribution in [3.05, 3.63) is 169 Å². The Bertz CT molecular complexity index is 2080. The normalized spacial score (nSPS) is 21.8. The van der Waals surface area contributed by atoms with Crippen molar-refractivity contribution in [2.75, 3.05) is 20.8 Å². The average molecular weight is 703 g/mol. The molecule has 7 rings (SSSR count). The lowest BCUT2D eigenvalue weighted by Crippen LogP contribution is -2.39. The average Bonchev–Trinajstić information content (AvgIpc) is 3.62. The van der Waals surface area contributed by atoms with Crippen molar-refractivity contribution in [2.24, 2.45) is 5.92 Å². The van der Waals surface area contributed by atoms with Crippen LogP contribution in [0.4, 0.5) is 0 Å². The molecule has 4 aromatic carbocycles. The van der Waals surface area contributed by atoms with Gasteiger partial charge < -0.3 is 23.4 Å². The molecule has 3 heterocycles. The SMILES string of the molecule is COc1ccc(C(OC[C@H]2O[C@@H](n3cc(C)c(=O)[nH]c3=O)[C@@H]3O[Si](C)(C)/C(=C\c4ccccc4)[C@@H]32)(c2ccccc2)c2ccc(OC)cc2)cc1. The third kappa shape index (κ3) is 6.40. The Morgan fingerprint density at radius 3 is 1.92 bits per heavy atom. The lowest BCUT2D eigenvalue weighted by molar-refractivity contribution is -0.0897. The number of rotatable bonds is 10. The van der Waals surface area contributed by atoms with Crippen LogP contribution in [-0.2, 0) is 19.5 Å². The van der Waals surface area contributed by atoms with Crippen LogP contribution in [0.25, 0.3) is 6.08 Å². The number of methoxy groups -OCH3 is 2. The van der Waals surface area contributed by atoms with Crippen LogP contribution in [0.3, 0.4) is 0 Å². The number of H-pyrrole nitrogens is 1. The number of ether oxygens (including phenoxy) is 4. The third-order valence-electron chi connectivity index (χ3n) is 10.0. The molecule has 2 saturated heterocycles. The van der Waals surface area contributed by atoms with Crippen molar-refractivity contribution in [1.29, 1.82) is 0 Å². The topological polar surface area (TPSA) is 101 Å². The summed E-state index contributed by atoms with van der Waals surface area (Å²) in [6.07, 6.45) is 2.00. The molecule has 10 heteroatoms. The van der Waals surface area contributed by atoms with E-state index in [9.17, 15) is 9.59 Å². The number of aryl methyl sites for hydroxylation is 1. The summed E-state index contributed by atoms with van der Waals surface area (Å²) in [5.74, 6) is 1.23. The predicted octanol–water partition coefficient (Wildman–Crippen LogP) is 6.61. The first-order valence-corrected chi connectivity index (χ1v) is 20.0. The van der Waals surface area contributed by atoms with Crippen LogP contribution in [0.2, 0.25) is 13.1 Å². The van der Waals surface area contributed by atoms with E-state index >= 15 is 0 Å². The standard InChI is InChI=1S/C41H42N2O7Si/c1-27-25-43(40(45)42-38(27)44)39-37-36(35(51(4,5)50-37)24-28-12-8-6-9-13-28)34(49-39)26-48-41(29-14-10-7-11-15-29,30-16-20-32(46-2)21-17-30)31-18-22-33(47-3)23-19-31/h6-25,34,36-37,39H,26H2,1-5H3,(H,42,44,45)/b35-24-/t34-,36+,37-,39-/m1/s1. The van der Waals surface area contributed by atoms with Crippen LogP contribution in [-0.4, -0.2) is 50.9 Å². The second kappa shape index (κ2) is 14.0. The van der Waals surface area contributed by atoms with Crippen LogP contribution < -0.4 is 20.7 Å². The molecular formula is C41H42N2O7Si. The molecule has 0 spiro atoms. The van der Waals surface area contributed by atoms with E-state index in [0.29, 0.717) is 5.56 Å². The smallest absolute Gasteiger partial charge is 0.330 e. The van der Waals surface area contributed by atoms with Gasteiger partial charge in [-0.25, -0.2) is 4.79 Å². The fraction of sp³-hybridized carbons (Fsp3) is 0.268. The molecule has 0 unspecified atom stereocenters. The van der Waals surface area contributed by atoms with Gasteiger partial charge in [-0.2, -0.15) is 0 Å². The summed E-state index contributed by atoms with van der Waals surface area (Å²) >= 11 is 0. The Morgan fingerprint density at radius 2 is 1.35 bits per heavy atom. The number of aromatic nitrogens is 2. The highest BCUT2D eigenvalue weighted by molar-refractivity contribution is 6.80. The van der Waals surface area contributed by atoms with Gasteiger partial charge in [0, 0.05) is 17.7 Å². The van der Waals surface area contributed by atoms with Gasteiger partial charge in [-0.15, -0.1) is 0 Å². The molecule has 0 saturated carbocycles. The first-order chi connectivity index (χ1) is 24.6. The molecule has 2 fully saturated rings. The van der Waals surface area contributed by atoms with Gasteiger partial charge in [0.1, 0.15) is 17.1 Å². The van der Waals surface area contributed by atoms with Gasteiger partial charge in [-0.1, -0.05) is 91.0 Å². The molecule has 4 atom stereocenters. The second-order valence-corrected chi connectivity index (χ2v) is 17.3. The lowest BCUT2D eigenvalue weighted by Gasteiger charge is -2.37. The molecule has 9 nitrogen and oxygen atoms in total. The van der Waals surface area contributed by atoms with Crippen molar-refractivity contribution in [2.45, 2.75) is 44.1 Å². The minimum Gasteiger partial charge on any atom is -0.497 e. The molecule has 0 aliphatic carbocycles. The first-order valence-electron chi connectivity index (χ1n) is 17.1.